The second-order valence-corrected chi connectivity index (χ2v) is 9.56. The number of amides is 1. The molecule has 184 valence electrons. The third-order valence-corrected chi connectivity index (χ3v) is 5.45. The van der Waals surface area contributed by atoms with Crippen LogP contribution < -0.4 is 10.1 Å². The number of hydrogen-bond acceptors (Lipinski definition) is 6. The van der Waals surface area contributed by atoms with Crippen molar-refractivity contribution in [3.8, 4) is 11.5 Å². The quantitative estimate of drug-likeness (QED) is 0.353. The van der Waals surface area contributed by atoms with Crippen LogP contribution in [0.15, 0.2) is 36.4 Å². The van der Waals surface area contributed by atoms with Crippen LogP contribution >= 0.6 is 11.6 Å². The first kappa shape index (κ1) is 25.7. The summed E-state index contributed by atoms with van der Waals surface area (Å²) in [4.78, 5) is 25.8. The summed E-state index contributed by atoms with van der Waals surface area (Å²) in [6, 6.07) is 11.3. The highest BCUT2D eigenvalue weighted by molar-refractivity contribution is 6.30. The van der Waals surface area contributed by atoms with Crippen molar-refractivity contribution >= 4 is 29.4 Å². The second kappa shape index (κ2) is 11.5. The first-order chi connectivity index (χ1) is 16.2. The van der Waals surface area contributed by atoms with E-state index in [-0.39, 0.29) is 12.1 Å². The average Bonchev–Trinajstić information content (AvgIpc) is 2.77. The minimum absolute atomic E-state index is 0.201. The maximum Gasteiger partial charge on any atom is 0.410 e. The van der Waals surface area contributed by atoms with E-state index in [2.05, 4.69) is 5.32 Å². The van der Waals surface area contributed by atoms with Crippen LogP contribution in [0.2, 0.25) is 5.02 Å². The fourth-order valence-corrected chi connectivity index (χ4v) is 3.85. The van der Waals surface area contributed by atoms with Crippen molar-refractivity contribution in [3.63, 3.8) is 0 Å². The Bertz CT molecular complexity index is 1020. The van der Waals surface area contributed by atoms with Gasteiger partial charge in [-0.1, -0.05) is 23.7 Å². The van der Waals surface area contributed by atoms with Gasteiger partial charge < -0.3 is 24.4 Å². The summed E-state index contributed by atoms with van der Waals surface area (Å²) in [5.41, 5.74) is 2.35. The van der Waals surface area contributed by atoms with E-state index in [4.69, 9.17) is 25.8 Å². The zero-order valence-corrected chi connectivity index (χ0v) is 21.0. The number of fused-ring (bicyclic) bond motifs is 1. The van der Waals surface area contributed by atoms with E-state index < -0.39 is 5.60 Å². The predicted octanol–water partition coefficient (Wildman–Crippen LogP) is 6.18. The lowest BCUT2D eigenvalue weighted by atomic mass is 9.99. The average molecular weight is 489 g/mol. The molecular formula is C26H33ClN2O5. The number of rotatable bonds is 8. The Balaban J connectivity index is 1.70. The van der Waals surface area contributed by atoms with Gasteiger partial charge in [0.15, 0.2) is 5.75 Å². The van der Waals surface area contributed by atoms with Crippen LogP contribution in [0, 0.1) is 0 Å². The summed E-state index contributed by atoms with van der Waals surface area (Å²) < 4.78 is 16.8. The summed E-state index contributed by atoms with van der Waals surface area (Å²) in [5, 5.41) is 3.88. The van der Waals surface area contributed by atoms with Gasteiger partial charge in [-0.25, -0.2) is 4.79 Å². The number of carbonyl (C=O) groups is 2. The molecule has 0 spiro atoms. The van der Waals surface area contributed by atoms with E-state index in [1.807, 2.05) is 45.0 Å². The Kier molecular flexibility index (Phi) is 8.67. The van der Waals surface area contributed by atoms with Gasteiger partial charge in [-0.05, 0) is 64.3 Å². The SMILES string of the molecule is CCOC(=O)CCCNc1ccc(Cl)cc1Oc1cccc2c1CCN(C(=O)OC(C)(C)C)C2. The molecule has 0 saturated carbocycles. The fourth-order valence-electron chi connectivity index (χ4n) is 3.69. The smallest absolute Gasteiger partial charge is 0.410 e. The minimum Gasteiger partial charge on any atom is -0.466 e. The molecule has 0 aromatic heterocycles. The topological polar surface area (TPSA) is 77.1 Å². The van der Waals surface area contributed by atoms with Crippen LogP contribution in [-0.2, 0) is 27.2 Å². The lowest BCUT2D eigenvalue weighted by molar-refractivity contribution is -0.143. The highest BCUT2D eigenvalue weighted by Crippen LogP contribution is 2.36. The van der Waals surface area contributed by atoms with Crippen LogP contribution in [-0.4, -0.2) is 42.3 Å². The number of nitrogens with one attached hydrogen (secondary N) is 1. The Morgan fingerprint density at radius 2 is 1.94 bits per heavy atom. The molecule has 0 radical (unpaired) electrons. The molecule has 1 N–H and O–H groups in total. The molecule has 8 heteroatoms. The number of nitrogens with zero attached hydrogens (tertiary/aromatic N) is 1. The zero-order chi connectivity index (χ0) is 24.7. The van der Waals surface area contributed by atoms with Crippen molar-refractivity contribution in [2.24, 2.45) is 0 Å². The Hall–Kier alpha value is -2.93. The van der Waals surface area contributed by atoms with E-state index in [1.165, 1.54) is 0 Å². The van der Waals surface area contributed by atoms with Gasteiger partial charge in [-0.2, -0.15) is 0 Å². The molecule has 0 unspecified atom stereocenters. The molecule has 0 atom stereocenters. The third kappa shape index (κ3) is 7.29. The first-order valence-electron chi connectivity index (χ1n) is 11.6. The standard InChI is InChI=1S/C26H33ClN2O5/c1-5-32-24(30)10-7-14-28-21-12-11-19(27)16-23(21)33-22-9-6-8-18-17-29(15-13-20(18)22)25(31)34-26(2,3)4/h6,8-9,11-12,16,28H,5,7,10,13-15,17H2,1-4H3. The summed E-state index contributed by atoms with van der Waals surface area (Å²) in [6.07, 6.45) is 1.34. The molecule has 1 aliphatic heterocycles. The van der Waals surface area contributed by atoms with Crippen molar-refractivity contribution in [1.82, 2.24) is 4.90 Å². The van der Waals surface area contributed by atoms with Gasteiger partial charge in [-0.15, -0.1) is 0 Å². The van der Waals surface area contributed by atoms with Crippen LogP contribution in [0.3, 0.4) is 0 Å². The van der Waals surface area contributed by atoms with Crippen LogP contribution in [0.5, 0.6) is 11.5 Å². The van der Waals surface area contributed by atoms with Crippen molar-refractivity contribution in [1.29, 1.82) is 0 Å². The first-order valence-corrected chi connectivity index (χ1v) is 12.0. The summed E-state index contributed by atoms with van der Waals surface area (Å²) in [5.74, 6) is 1.14. The highest BCUT2D eigenvalue weighted by atomic mass is 35.5. The molecule has 0 saturated heterocycles. The summed E-state index contributed by atoms with van der Waals surface area (Å²) in [6.45, 7) is 9.39. The molecule has 34 heavy (non-hydrogen) atoms. The molecular weight excluding hydrogens is 456 g/mol. The van der Waals surface area contributed by atoms with Crippen LogP contribution in [0.1, 0.15) is 51.7 Å². The van der Waals surface area contributed by atoms with E-state index in [1.54, 1.807) is 24.0 Å². The summed E-state index contributed by atoms with van der Waals surface area (Å²) in [7, 11) is 0. The van der Waals surface area contributed by atoms with E-state index in [9.17, 15) is 9.59 Å². The minimum atomic E-state index is -0.533. The maximum absolute atomic E-state index is 12.5. The number of anilines is 1. The molecule has 0 fully saturated rings. The normalized spacial score (nSPS) is 13.1. The van der Waals surface area contributed by atoms with Crippen LogP contribution in [0.4, 0.5) is 10.5 Å². The van der Waals surface area contributed by atoms with Gasteiger partial charge in [0.25, 0.3) is 0 Å². The van der Waals surface area contributed by atoms with Crippen LogP contribution in [0.25, 0.3) is 0 Å². The van der Waals surface area contributed by atoms with Crippen molar-refractivity contribution < 1.29 is 23.8 Å². The lowest BCUT2D eigenvalue weighted by Crippen LogP contribution is -2.39. The molecule has 0 bridgehead atoms. The fraction of sp³-hybridized carbons (Fsp3) is 0.462. The van der Waals surface area contributed by atoms with Gasteiger partial charge in [0.1, 0.15) is 11.4 Å². The molecule has 1 amide bonds. The number of hydrogen-bond donors (Lipinski definition) is 1. The third-order valence-electron chi connectivity index (χ3n) is 5.22. The molecule has 2 aromatic carbocycles. The van der Waals surface area contributed by atoms with Crippen molar-refractivity contribution in [2.45, 2.75) is 59.1 Å². The molecule has 1 heterocycles. The number of ether oxygens (including phenoxy) is 3. The summed E-state index contributed by atoms with van der Waals surface area (Å²) >= 11 is 6.24. The highest BCUT2D eigenvalue weighted by Gasteiger charge is 2.27. The van der Waals surface area contributed by atoms with Crippen molar-refractivity contribution in [3.05, 3.63) is 52.5 Å². The van der Waals surface area contributed by atoms with Gasteiger partial charge in [0, 0.05) is 42.7 Å². The van der Waals surface area contributed by atoms with Gasteiger partial charge in [-0.3, -0.25) is 4.79 Å². The Morgan fingerprint density at radius 1 is 1.15 bits per heavy atom. The number of benzene rings is 2. The largest absolute Gasteiger partial charge is 0.466 e. The molecule has 7 nitrogen and oxygen atoms in total. The number of carbonyl (C=O) groups excluding carboxylic acids is 2. The van der Waals surface area contributed by atoms with E-state index in [0.29, 0.717) is 56.3 Å². The monoisotopic (exact) mass is 488 g/mol. The molecule has 2 aromatic rings. The van der Waals surface area contributed by atoms with Crippen molar-refractivity contribution in [2.75, 3.05) is 25.0 Å². The molecule has 1 aliphatic rings. The second-order valence-electron chi connectivity index (χ2n) is 9.12. The number of esters is 1. The number of halogens is 1. The molecule has 3 rings (SSSR count). The Morgan fingerprint density at radius 3 is 2.68 bits per heavy atom. The Labute approximate surface area is 206 Å². The van der Waals surface area contributed by atoms with Gasteiger partial charge in [0.2, 0.25) is 0 Å². The zero-order valence-electron chi connectivity index (χ0n) is 20.3. The van der Waals surface area contributed by atoms with Gasteiger partial charge in [0.05, 0.1) is 12.3 Å². The maximum atomic E-state index is 12.5. The molecule has 0 aliphatic carbocycles. The lowest BCUT2D eigenvalue weighted by Gasteiger charge is -2.32. The van der Waals surface area contributed by atoms with E-state index in [0.717, 1.165) is 22.6 Å². The van der Waals surface area contributed by atoms with Gasteiger partial charge >= 0.3 is 12.1 Å². The predicted molar refractivity (Wildman–Crippen MR) is 133 cm³/mol. The van der Waals surface area contributed by atoms with E-state index >= 15 is 0 Å².